The molecule has 0 aliphatic rings. The van der Waals surface area contributed by atoms with Crippen molar-refractivity contribution in [2.45, 2.75) is 33.0 Å². The molecule has 0 fully saturated rings. The summed E-state index contributed by atoms with van der Waals surface area (Å²) >= 11 is 1.48. The van der Waals surface area contributed by atoms with Crippen molar-refractivity contribution in [3.8, 4) is 0 Å². The lowest BCUT2D eigenvalue weighted by Crippen LogP contribution is -2.05. The van der Waals surface area contributed by atoms with E-state index in [2.05, 4.69) is 18.8 Å². The second-order valence-electron chi connectivity index (χ2n) is 2.69. The smallest absolute Gasteiger partial charge is 0.180 e. The first-order valence-corrected chi connectivity index (χ1v) is 4.85. The largest absolute Gasteiger partial charge is 0.375 e. The number of ether oxygens (including phenoxy) is 1. The Morgan fingerprint density at radius 2 is 2.50 bits per heavy atom. The van der Waals surface area contributed by atoms with E-state index in [0.717, 1.165) is 11.3 Å². The van der Waals surface area contributed by atoms with E-state index in [1.807, 2.05) is 0 Å². The van der Waals surface area contributed by atoms with Crippen molar-refractivity contribution in [1.29, 1.82) is 0 Å². The van der Waals surface area contributed by atoms with Gasteiger partial charge in [-0.3, -0.25) is 0 Å². The Bertz CT molecular complexity index is 237. The summed E-state index contributed by atoms with van der Waals surface area (Å²) in [5, 5.41) is 0.609. The summed E-state index contributed by atoms with van der Waals surface area (Å²) in [5.74, 6) is 0. The van der Waals surface area contributed by atoms with Crippen LogP contribution in [0, 0.1) is 0 Å². The summed E-state index contributed by atoms with van der Waals surface area (Å²) in [6, 6.07) is 0. The summed E-state index contributed by atoms with van der Waals surface area (Å²) in [4.78, 5) is 5.03. The Balaban J connectivity index is 2.33. The van der Waals surface area contributed by atoms with Crippen LogP contribution in [0.15, 0.2) is 6.20 Å². The third-order valence-corrected chi connectivity index (χ3v) is 2.46. The average molecular weight is 186 g/mol. The minimum atomic E-state index is 0.313. The van der Waals surface area contributed by atoms with E-state index >= 15 is 0 Å². The standard InChI is InChI=1S/C8H14N2OS/c1-3-6(2)11-5-7-4-10-8(9)12-7/h4,6H,3,5H2,1-2H3,(H2,9,10). The molecule has 1 heterocycles. The first-order chi connectivity index (χ1) is 5.72. The van der Waals surface area contributed by atoms with Crippen LogP contribution in [-0.4, -0.2) is 11.1 Å². The lowest BCUT2D eigenvalue weighted by Gasteiger charge is -2.07. The molecule has 0 aliphatic carbocycles. The van der Waals surface area contributed by atoms with Crippen LogP contribution >= 0.6 is 11.3 Å². The molecular weight excluding hydrogens is 172 g/mol. The average Bonchev–Trinajstić information content (AvgIpc) is 2.47. The van der Waals surface area contributed by atoms with E-state index in [0.29, 0.717) is 17.8 Å². The van der Waals surface area contributed by atoms with Crippen LogP contribution in [0.5, 0.6) is 0 Å². The molecule has 3 nitrogen and oxygen atoms in total. The Morgan fingerprint density at radius 1 is 1.75 bits per heavy atom. The predicted octanol–water partition coefficient (Wildman–Crippen LogP) is 2.04. The van der Waals surface area contributed by atoms with Gasteiger partial charge in [0.05, 0.1) is 17.6 Å². The molecule has 0 saturated carbocycles. The Labute approximate surface area is 76.6 Å². The third-order valence-electron chi connectivity index (χ3n) is 1.66. The molecule has 4 heteroatoms. The second kappa shape index (κ2) is 4.42. The Kier molecular flexibility index (Phi) is 3.49. The van der Waals surface area contributed by atoms with Gasteiger partial charge >= 0.3 is 0 Å². The van der Waals surface area contributed by atoms with E-state index in [-0.39, 0.29) is 0 Å². The molecule has 0 aliphatic heterocycles. The quantitative estimate of drug-likeness (QED) is 0.782. The van der Waals surface area contributed by atoms with Crippen LogP contribution in [0.4, 0.5) is 5.13 Å². The maximum Gasteiger partial charge on any atom is 0.180 e. The van der Waals surface area contributed by atoms with Crippen molar-refractivity contribution >= 4 is 16.5 Å². The summed E-state index contributed by atoms with van der Waals surface area (Å²) in [5.41, 5.74) is 5.47. The van der Waals surface area contributed by atoms with E-state index in [1.165, 1.54) is 11.3 Å². The zero-order chi connectivity index (χ0) is 8.97. The van der Waals surface area contributed by atoms with Gasteiger partial charge in [-0.1, -0.05) is 18.3 Å². The SMILES string of the molecule is CCC(C)OCc1cnc(N)s1. The van der Waals surface area contributed by atoms with E-state index in [1.54, 1.807) is 6.20 Å². The van der Waals surface area contributed by atoms with Crippen LogP contribution < -0.4 is 5.73 Å². The van der Waals surface area contributed by atoms with Gasteiger partial charge < -0.3 is 10.5 Å². The number of nitrogen functional groups attached to an aromatic ring is 1. The van der Waals surface area contributed by atoms with Gasteiger partial charge in [-0.25, -0.2) is 4.98 Å². The molecule has 12 heavy (non-hydrogen) atoms. The fourth-order valence-electron chi connectivity index (χ4n) is 0.732. The number of anilines is 1. The maximum absolute atomic E-state index is 5.51. The summed E-state index contributed by atoms with van der Waals surface area (Å²) in [6.45, 7) is 4.79. The molecule has 1 atom stereocenters. The number of nitrogens with two attached hydrogens (primary N) is 1. The number of nitrogens with zero attached hydrogens (tertiary/aromatic N) is 1. The highest BCUT2D eigenvalue weighted by Crippen LogP contribution is 2.16. The molecule has 0 spiro atoms. The molecule has 0 saturated heterocycles. The lowest BCUT2D eigenvalue weighted by atomic mass is 10.3. The summed E-state index contributed by atoms with van der Waals surface area (Å²) in [6.07, 6.45) is 3.12. The van der Waals surface area contributed by atoms with E-state index in [9.17, 15) is 0 Å². The monoisotopic (exact) mass is 186 g/mol. The van der Waals surface area contributed by atoms with E-state index in [4.69, 9.17) is 10.5 Å². The maximum atomic E-state index is 5.51. The van der Waals surface area contributed by atoms with Crippen molar-refractivity contribution in [1.82, 2.24) is 4.98 Å². The van der Waals surface area contributed by atoms with Gasteiger partial charge in [0.2, 0.25) is 0 Å². The number of hydrogen-bond acceptors (Lipinski definition) is 4. The van der Waals surface area contributed by atoms with Gasteiger partial charge in [-0.15, -0.1) is 0 Å². The number of rotatable bonds is 4. The normalized spacial score (nSPS) is 13.2. The lowest BCUT2D eigenvalue weighted by molar-refractivity contribution is 0.0524. The fraction of sp³-hybridized carbons (Fsp3) is 0.625. The minimum Gasteiger partial charge on any atom is -0.375 e. The van der Waals surface area contributed by atoms with Gasteiger partial charge in [0, 0.05) is 6.20 Å². The van der Waals surface area contributed by atoms with Crippen molar-refractivity contribution < 1.29 is 4.74 Å². The van der Waals surface area contributed by atoms with Crippen molar-refractivity contribution in [2.75, 3.05) is 5.73 Å². The van der Waals surface area contributed by atoms with Crippen LogP contribution in [0.1, 0.15) is 25.1 Å². The van der Waals surface area contributed by atoms with Crippen molar-refractivity contribution in [3.63, 3.8) is 0 Å². The highest BCUT2D eigenvalue weighted by atomic mass is 32.1. The van der Waals surface area contributed by atoms with Gasteiger partial charge in [-0.05, 0) is 13.3 Å². The predicted molar refractivity (Wildman–Crippen MR) is 51.1 cm³/mol. The third kappa shape index (κ3) is 2.79. The fourth-order valence-corrected chi connectivity index (χ4v) is 1.34. The van der Waals surface area contributed by atoms with Gasteiger partial charge in [0.15, 0.2) is 5.13 Å². The molecule has 68 valence electrons. The number of aromatic nitrogens is 1. The summed E-state index contributed by atoms with van der Waals surface area (Å²) < 4.78 is 5.51. The molecule has 1 aromatic rings. The Hall–Kier alpha value is -0.610. The molecule has 1 aromatic heterocycles. The first kappa shape index (κ1) is 9.48. The van der Waals surface area contributed by atoms with Gasteiger partial charge in [0.25, 0.3) is 0 Å². The minimum absolute atomic E-state index is 0.313. The Morgan fingerprint density at radius 3 is 3.00 bits per heavy atom. The van der Waals surface area contributed by atoms with E-state index < -0.39 is 0 Å². The van der Waals surface area contributed by atoms with Crippen LogP contribution in [0.3, 0.4) is 0 Å². The van der Waals surface area contributed by atoms with Gasteiger partial charge in [-0.2, -0.15) is 0 Å². The zero-order valence-electron chi connectivity index (χ0n) is 7.41. The second-order valence-corrected chi connectivity index (χ2v) is 3.84. The van der Waals surface area contributed by atoms with Gasteiger partial charge in [0.1, 0.15) is 0 Å². The topological polar surface area (TPSA) is 48.1 Å². The molecule has 1 rings (SSSR count). The summed E-state index contributed by atoms with van der Waals surface area (Å²) in [7, 11) is 0. The van der Waals surface area contributed by atoms with Crippen molar-refractivity contribution in [3.05, 3.63) is 11.1 Å². The molecule has 0 radical (unpaired) electrons. The molecular formula is C8H14N2OS. The molecule has 2 N–H and O–H groups in total. The highest BCUT2D eigenvalue weighted by molar-refractivity contribution is 7.15. The zero-order valence-corrected chi connectivity index (χ0v) is 8.23. The molecule has 0 amide bonds. The van der Waals surface area contributed by atoms with Crippen LogP contribution in [0.25, 0.3) is 0 Å². The van der Waals surface area contributed by atoms with Crippen molar-refractivity contribution in [2.24, 2.45) is 0 Å². The molecule has 1 unspecified atom stereocenters. The number of thiazole rings is 1. The first-order valence-electron chi connectivity index (χ1n) is 4.04. The highest BCUT2D eigenvalue weighted by Gasteiger charge is 2.01. The van der Waals surface area contributed by atoms with Crippen LogP contribution in [-0.2, 0) is 11.3 Å². The van der Waals surface area contributed by atoms with Crippen LogP contribution in [0.2, 0.25) is 0 Å². The molecule has 0 bridgehead atoms. The number of hydrogen-bond donors (Lipinski definition) is 1. The molecule has 0 aromatic carbocycles.